The van der Waals surface area contributed by atoms with Gasteiger partial charge in [-0.3, -0.25) is 0 Å². The van der Waals surface area contributed by atoms with E-state index in [1.54, 1.807) is 0 Å². The monoisotopic (exact) mass is 170 g/mol. The smallest absolute Gasteiger partial charge is 0.00450 e. The number of hydrogen-bond acceptors (Lipinski definition) is 2. The van der Waals surface area contributed by atoms with Crippen molar-refractivity contribution in [3.63, 3.8) is 0 Å². The van der Waals surface area contributed by atoms with Crippen molar-refractivity contribution in [1.29, 1.82) is 0 Å². The van der Waals surface area contributed by atoms with Crippen LogP contribution in [0.25, 0.3) is 0 Å². The summed E-state index contributed by atoms with van der Waals surface area (Å²) in [4.78, 5) is 4.85. The summed E-state index contributed by atoms with van der Waals surface area (Å²) in [6, 6.07) is 0. The quantitative estimate of drug-likeness (QED) is 0.629. The molecular formula is C10H22N2. The van der Waals surface area contributed by atoms with Gasteiger partial charge in [0, 0.05) is 13.1 Å². The van der Waals surface area contributed by atoms with Crippen LogP contribution in [0.3, 0.4) is 0 Å². The highest BCUT2D eigenvalue weighted by molar-refractivity contribution is 4.86. The fourth-order valence-corrected chi connectivity index (χ4v) is 2.16. The minimum Gasteiger partial charge on any atom is -0.306 e. The summed E-state index contributed by atoms with van der Waals surface area (Å²) in [5.41, 5.74) is 0.541. The Hall–Kier alpha value is -0.0800. The summed E-state index contributed by atoms with van der Waals surface area (Å²) in [5.74, 6) is 0. The SMILES string of the molecule is CCN(C)CC1(C)CCN(C)C1. The third-order valence-corrected chi connectivity index (χ3v) is 2.94. The molecule has 0 aromatic carbocycles. The molecule has 0 aliphatic carbocycles. The Balaban J connectivity index is 2.39. The van der Waals surface area contributed by atoms with Gasteiger partial charge in [-0.15, -0.1) is 0 Å². The molecule has 0 aromatic heterocycles. The van der Waals surface area contributed by atoms with Crippen molar-refractivity contribution in [2.45, 2.75) is 20.3 Å². The largest absolute Gasteiger partial charge is 0.306 e. The molecule has 0 spiro atoms. The number of likely N-dealkylation sites (tertiary alicyclic amines) is 1. The zero-order valence-corrected chi connectivity index (χ0v) is 8.93. The third-order valence-electron chi connectivity index (χ3n) is 2.94. The van der Waals surface area contributed by atoms with Crippen molar-refractivity contribution in [2.75, 3.05) is 40.3 Å². The van der Waals surface area contributed by atoms with E-state index in [0.717, 1.165) is 0 Å². The number of rotatable bonds is 3. The highest BCUT2D eigenvalue weighted by atomic mass is 15.2. The number of nitrogens with zero attached hydrogens (tertiary/aromatic N) is 2. The molecular weight excluding hydrogens is 148 g/mol. The molecule has 1 rings (SSSR count). The van der Waals surface area contributed by atoms with E-state index in [2.05, 4.69) is 37.7 Å². The molecule has 1 saturated heterocycles. The van der Waals surface area contributed by atoms with Crippen LogP contribution in [0.1, 0.15) is 20.3 Å². The van der Waals surface area contributed by atoms with Gasteiger partial charge in [-0.05, 0) is 39.0 Å². The Labute approximate surface area is 76.5 Å². The Morgan fingerprint density at radius 2 is 2.17 bits per heavy atom. The molecule has 1 unspecified atom stereocenters. The van der Waals surface area contributed by atoms with Gasteiger partial charge < -0.3 is 9.80 Å². The van der Waals surface area contributed by atoms with Crippen molar-refractivity contribution in [3.8, 4) is 0 Å². The first-order valence-electron chi connectivity index (χ1n) is 4.93. The Morgan fingerprint density at radius 1 is 1.50 bits per heavy atom. The average molecular weight is 170 g/mol. The van der Waals surface area contributed by atoms with E-state index in [9.17, 15) is 0 Å². The zero-order chi connectivity index (χ0) is 9.19. The van der Waals surface area contributed by atoms with E-state index in [4.69, 9.17) is 0 Å². The second-order valence-electron chi connectivity index (χ2n) is 4.63. The van der Waals surface area contributed by atoms with Crippen LogP contribution in [0.15, 0.2) is 0 Å². The van der Waals surface area contributed by atoms with E-state index in [1.807, 2.05) is 0 Å². The van der Waals surface area contributed by atoms with E-state index in [1.165, 1.54) is 32.6 Å². The van der Waals surface area contributed by atoms with Crippen molar-refractivity contribution < 1.29 is 0 Å². The lowest BCUT2D eigenvalue weighted by Crippen LogP contribution is -2.35. The second-order valence-corrected chi connectivity index (χ2v) is 4.63. The molecule has 0 amide bonds. The van der Waals surface area contributed by atoms with Crippen LogP contribution in [-0.4, -0.2) is 50.1 Å². The van der Waals surface area contributed by atoms with Gasteiger partial charge in [0.05, 0.1) is 0 Å². The summed E-state index contributed by atoms with van der Waals surface area (Å²) in [6.45, 7) is 9.57. The molecule has 0 radical (unpaired) electrons. The molecule has 1 aliphatic heterocycles. The van der Waals surface area contributed by atoms with E-state index in [-0.39, 0.29) is 0 Å². The van der Waals surface area contributed by atoms with Crippen LogP contribution >= 0.6 is 0 Å². The van der Waals surface area contributed by atoms with Gasteiger partial charge in [0.1, 0.15) is 0 Å². The third kappa shape index (κ3) is 2.46. The lowest BCUT2D eigenvalue weighted by atomic mass is 9.89. The van der Waals surface area contributed by atoms with Crippen molar-refractivity contribution in [3.05, 3.63) is 0 Å². The maximum absolute atomic E-state index is 2.43. The zero-order valence-electron chi connectivity index (χ0n) is 8.93. The molecule has 2 heteroatoms. The van der Waals surface area contributed by atoms with Gasteiger partial charge in [-0.1, -0.05) is 13.8 Å². The van der Waals surface area contributed by atoms with Crippen molar-refractivity contribution in [1.82, 2.24) is 9.80 Å². The standard InChI is InChI=1S/C10H22N2/c1-5-11(3)8-10(2)6-7-12(4)9-10/h5-9H2,1-4H3. The van der Waals surface area contributed by atoms with E-state index in [0.29, 0.717) is 5.41 Å². The van der Waals surface area contributed by atoms with Crippen molar-refractivity contribution in [2.24, 2.45) is 5.41 Å². The molecule has 1 atom stereocenters. The van der Waals surface area contributed by atoms with Crippen LogP contribution in [0.5, 0.6) is 0 Å². The van der Waals surface area contributed by atoms with Crippen LogP contribution in [0, 0.1) is 5.41 Å². The minimum atomic E-state index is 0.541. The summed E-state index contributed by atoms with van der Waals surface area (Å²) < 4.78 is 0. The lowest BCUT2D eigenvalue weighted by Gasteiger charge is -2.29. The Morgan fingerprint density at radius 3 is 2.58 bits per heavy atom. The lowest BCUT2D eigenvalue weighted by molar-refractivity contribution is 0.202. The predicted octanol–water partition coefficient (Wildman–Crippen LogP) is 1.28. The second kappa shape index (κ2) is 3.75. The van der Waals surface area contributed by atoms with E-state index < -0.39 is 0 Å². The first kappa shape index (κ1) is 10.0. The average Bonchev–Trinajstić information content (AvgIpc) is 2.30. The molecule has 12 heavy (non-hydrogen) atoms. The van der Waals surface area contributed by atoms with Crippen LogP contribution < -0.4 is 0 Å². The topological polar surface area (TPSA) is 6.48 Å². The summed E-state index contributed by atoms with van der Waals surface area (Å²) in [5, 5.41) is 0. The van der Waals surface area contributed by atoms with Gasteiger partial charge in [0.2, 0.25) is 0 Å². The molecule has 2 nitrogen and oxygen atoms in total. The molecule has 0 aromatic rings. The molecule has 0 bridgehead atoms. The first-order valence-corrected chi connectivity index (χ1v) is 4.93. The molecule has 1 heterocycles. The molecule has 72 valence electrons. The van der Waals surface area contributed by atoms with Gasteiger partial charge in [0.25, 0.3) is 0 Å². The molecule has 1 fully saturated rings. The maximum atomic E-state index is 2.43. The maximum Gasteiger partial charge on any atom is 0.00450 e. The van der Waals surface area contributed by atoms with Crippen LogP contribution in [-0.2, 0) is 0 Å². The Bertz CT molecular complexity index is 147. The molecule has 0 N–H and O–H groups in total. The summed E-state index contributed by atoms with van der Waals surface area (Å²) in [6.07, 6.45) is 1.36. The normalized spacial score (nSPS) is 31.8. The van der Waals surface area contributed by atoms with E-state index >= 15 is 0 Å². The highest BCUT2D eigenvalue weighted by Crippen LogP contribution is 2.29. The molecule has 1 aliphatic rings. The minimum absolute atomic E-state index is 0.541. The van der Waals surface area contributed by atoms with Crippen LogP contribution in [0.2, 0.25) is 0 Å². The van der Waals surface area contributed by atoms with Gasteiger partial charge in [-0.2, -0.15) is 0 Å². The van der Waals surface area contributed by atoms with Gasteiger partial charge >= 0.3 is 0 Å². The Kier molecular flexibility index (Phi) is 3.13. The number of hydrogen-bond donors (Lipinski definition) is 0. The fourth-order valence-electron chi connectivity index (χ4n) is 2.16. The first-order chi connectivity index (χ1) is 5.56. The van der Waals surface area contributed by atoms with Gasteiger partial charge in [0.15, 0.2) is 0 Å². The van der Waals surface area contributed by atoms with Crippen LogP contribution in [0.4, 0.5) is 0 Å². The van der Waals surface area contributed by atoms with Gasteiger partial charge in [-0.25, -0.2) is 0 Å². The summed E-state index contributed by atoms with van der Waals surface area (Å²) in [7, 11) is 4.43. The molecule has 0 saturated carbocycles. The predicted molar refractivity (Wildman–Crippen MR) is 53.4 cm³/mol. The summed E-state index contributed by atoms with van der Waals surface area (Å²) >= 11 is 0. The van der Waals surface area contributed by atoms with Crippen molar-refractivity contribution >= 4 is 0 Å². The highest BCUT2D eigenvalue weighted by Gasteiger charge is 2.32. The fraction of sp³-hybridized carbons (Fsp3) is 1.00.